The number of hydrogen-bond acceptors (Lipinski definition) is 9. The second kappa shape index (κ2) is 10.3. The van der Waals surface area contributed by atoms with Crippen LogP contribution in [-0.4, -0.2) is 32.8 Å². The van der Waals surface area contributed by atoms with Gasteiger partial charge in [-0.25, -0.2) is 0 Å². The van der Waals surface area contributed by atoms with Crippen LogP contribution in [0.25, 0.3) is 10.9 Å². The molecule has 10 nitrogen and oxygen atoms in total. The molecular formula is C29H30F3N9O. The Morgan fingerprint density at radius 1 is 1.17 bits per heavy atom. The van der Waals surface area contributed by atoms with Crippen LogP contribution in [-0.2, 0) is 7.05 Å². The molecular weight excluding hydrogens is 547 g/mol. The van der Waals surface area contributed by atoms with E-state index in [1.807, 2.05) is 20.8 Å². The first-order valence-electron chi connectivity index (χ1n) is 13.3. The molecule has 0 saturated heterocycles. The van der Waals surface area contributed by atoms with Crippen LogP contribution in [0.15, 0.2) is 53.4 Å². The molecule has 1 fully saturated rings. The molecule has 3 aromatic rings. The molecule has 1 atom stereocenters. The maximum absolute atomic E-state index is 13.9. The molecule has 218 valence electrons. The third kappa shape index (κ3) is 5.19. The molecule has 4 N–H and O–H groups in total. The second-order valence-corrected chi connectivity index (χ2v) is 11.8. The van der Waals surface area contributed by atoms with Crippen molar-refractivity contribution in [3.8, 4) is 12.1 Å². The van der Waals surface area contributed by atoms with Gasteiger partial charge < -0.3 is 20.6 Å². The number of aryl methyl sites for hydroxylation is 1. The fourth-order valence-corrected chi connectivity index (χ4v) is 4.91. The maximum atomic E-state index is 13.9. The first kappa shape index (κ1) is 28.8. The number of rotatable bonds is 7. The molecule has 5 rings (SSSR count). The molecule has 1 aliphatic heterocycles. The van der Waals surface area contributed by atoms with Crippen molar-refractivity contribution < 1.29 is 13.2 Å². The number of halogens is 3. The number of hydrazine groups is 2. The SMILES string of the molecule is Cn1cccc([C@H](Nc2cc(C#N)c3ncc(C#N)c(NCC(C)(C)C)c3c2)C2=CN(C3(C(F)(F)F)CC3)NN2)c1=O. The van der Waals surface area contributed by atoms with Crippen molar-refractivity contribution in [1.29, 1.82) is 10.5 Å². The third-order valence-corrected chi connectivity index (χ3v) is 7.39. The van der Waals surface area contributed by atoms with E-state index in [4.69, 9.17) is 0 Å². The molecule has 13 heteroatoms. The number of nitrogens with one attached hydrogen (secondary N) is 4. The number of benzene rings is 1. The predicted octanol–water partition coefficient (Wildman–Crippen LogP) is 4.55. The van der Waals surface area contributed by atoms with Crippen molar-refractivity contribution in [2.45, 2.75) is 51.4 Å². The van der Waals surface area contributed by atoms with E-state index in [-0.39, 0.29) is 40.6 Å². The zero-order chi connectivity index (χ0) is 30.4. The summed E-state index contributed by atoms with van der Waals surface area (Å²) in [6, 6.07) is 9.92. The van der Waals surface area contributed by atoms with Crippen LogP contribution in [0.4, 0.5) is 24.5 Å². The van der Waals surface area contributed by atoms with E-state index in [1.54, 1.807) is 37.5 Å². The molecule has 0 amide bonds. The van der Waals surface area contributed by atoms with Crippen molar-refractivity contribution in [1.82, 2.24) is 25.5 Å². The highest BCUT2D eigenvalue weighted by molar-refractivity contribution is 5.99. The van der Waals surface area contributed by atoms with Crippen LogP contribution >= 0.6 is 0 Å². The minimum atomic E-state index is -4.46. The molecule has 1 aromatic carbocycles. The molecule has 1 saturated carbocycles. The van der Waals surface area contributed by atoms with E-state index in [1.165, 1.54) is 17.0 Å². The standard InChI is InChI=1S/C29H30F3N9O/c1-27(2,3)16-36-24-18(13-34)14-35-23-17(12-33)10-19(11-21(23)24)37-25(20-6-5-9-40(4)26(20)42)22-15-41(39-38-22)28(7-8-28)29(30,31)32/h5-6,9-11,14-15,25,37-39H,7-8,16H2,1-4H3,(H,35,36)/t25-/m0/s1. The molecule has 0 bridgehead atoms. The lowest BCUT2D eigenvalue weighted by atomic mass is 9.96. The van der Waals surface area contributed by atoms with Crippen molar-refractivity contribution in [2.75, 3.05) is 17.2 Å². The van der Waals surface area contributed by atoms with Gasteiger partial charge in [-0.2, -0.15) is 23.7 Å². The lowest BCUT2D eigenvalue weighted by molar-refractivity contribution is -0.195. The summed E-state index contributed by atoms with van der Waals surface area (Å²) in [4.78, 5) is 17.6. The Labute approximate surface area is 240 Å². The summed E-state index contributed by atoms with van der Waals surface area (Å²) in [6.07, 6.45) is -0.258. The fraction of sp³-hybridized carbons (Fsp3) is 0.379. The molecule has 3 heterocycles. The van der Waals surface area contributed by atoms with Gasteiger partial charge in [0, 0.05) is 48.8 Å². The van der Waals surface area contributed by atoms with Crippen molar-refractivity contribution in [3.63, 3.8) is 0 Å². The second-order valence-electron chi connectivity index (χ2n) is 11.8. The largest absolute Gasteiger partial charge is 0.413 e. The first-order valence-corrected chi connectivity index (χ1v) is 13.3. The topological polar surface area (TPSA) is 134 Å². The summed E-state index contributed by atoms with van der Waals surface area (Å²) >= 11 is 0. The van der Waals surface area contributed by atoms with E-state index >= 15 is 0 Å². The molecule has 0 radical (unpaired) electrons. The van der Waals surface area contributed by atoms with Gasteiger partial charge in [-0.15, -0.1) is 5.53 Å². The summed E-state index contributed by atoms with van der Waals surface area (Å²) in [5.74, 6) is 0. The Morgan fingerprint density at radius 3 is 2.50 bits per heavy atom. The van der Waals surface area contributed by atoms with Crippen LogP contribution in [0.1, 0.15) is 56.3 Å². The normalized spacial score (nSPS) is 16.7. The van der Waals surface area contributed by atoms with Gasteiger partial charge in [-0.1, -0.05) is 20.8 Å². The van der Waals surface area contributed by atoms with Gasteiger partial charge in [-0.3, -0.25) is 14.8 Å². The Balaban J connectivity index is 1.62. The third-order valence-electron chi connectivity index (χ3n) is 7.39. The van der Waals surface area contributed by atoms with E-state index in [9.17, 15) is 28.5 Å². The van der Waals surface area contributed by atoms with Crippen LogP contribution in [0.3, 0.4) is 0 Å². The van der Waals surface area contributed by atoms with E-state index < -0.39 is 17.8 Å². The van der Waals surface area contributed by atoms with Gasteiger partial charge in [0.05, 0.1) is 34.1 Å². The molecule has 1 aliphatic carbocycles. The average Bonchev–Trinajstić information content (AvgIpc) is 3.62. The highest BCUT2D eigenvalue weighted by atomic mass is 19.4. The number of pyridine rings is 2. The van der Waals surface area contributed by atoms with Crippen LogP contribution in [0.2, 0.25) is 0 Å². The van der Waals surface area contributed by atoms with Crippen molar-refractivity contribution in [3.05, 3.63) is 75.6 Å². The van der Waals surface area contributed by atoms with Gasteiger partial charge in [0.2, 0.25) is 0 Å². The zero-order valence-corrected chi connectivity index (χ0v) is 23.5. The Bertz CT molecular complexity index is 1720. The monoisotopic (exact) mass is 577 g/mol. The van der Waals surface area contributed by atoms with E-state index in [0.717, 1.165) is 5.01 Å². The lowest BCUT2D eigenvalue weighted by Crippen LogP contribution is -2.52. The van der Waals surface area contributed by atoms with E-state index in [0.29, 0.717) is 34.4 Å². The van der Waals surface area contributed by atoms with Gasteiger partial charge in [0.1, 0.15) is 12.1 Å². The smallest absolute Gasteiger partial charge is 0.383 e. The fourth-order valence-electron chi connectivity index (χ4n) is 4.91. The van der Waals surface area contributed by atoms with Crippen LogP contribution in [0.5, 0.6) is 0 Å². The van der Waals surface area contributed by atoms with E-state index in [2.05, 4.69) is 38.7 Å². The summed E-state index contributed by atoms with van der Waals surface area (Å²) in [5.41, 5.74) is 5.29. The van der Waals surface area contributed by atoms with Gasteiger partial charge in [-0.05, 0) is 42.5 Å². The maximum Gasteiger partial charge on any atom is 0.413 e. The molecule has 2 aliphatic rings. The molecule has 0 spiro atoms. The number of nitrogens with zero attached hydrogens (tertiary/aromatic N) is 5. The zero-order valence-electron chi connectivity index (χ0n) is 23.5. The number of nitriles is 2. The Hall–Kier alpha value is -4.75. The Kier molecular flexibility index (Phi) is 7.03. The lowest BCUT2D eigenvalue weighted by Gasteiger charge is -2.28. The number of alkyl halides is 3. The summed E-state index contributed by atoms with van der Waals surface area (Å²) in [6.45, 7) is 6.65. The number of aromatic nitrogens is 2. The Morgan fingerprint density at radius 2 is 1.88 bits per heavy atom. The molecule has 42 heavy (non-hydrogen) atoms. The van der Waals surface area contributed by atoms with Crippen molar-refractivity contribution >= 4 is 22.3 Å². The van der Waals surface area contributed by atoms with Crippen LogP contribution in [0, 0.1) is 28.1 Å². The minimum Gasteiger partial charge on any atom is -0.383 e. The minimum absolute atomic E-state index is 0.0606. The van der Waals surface area contributed by atoms with Crippen LogP contribution < -0.4 is 27.2 Å². The number of hydrogen-bond donors (Lipinski definition) is 4. The predicted molar refractivity (Wildman–Crippen MR) is 151 cm³/mol. The number of anilines is 2. The number of fused-ring (bicyclic) bond motifs is 1. The molecule has 2 aromatic heterocycles. The van der Waals surface area contributed by atoms with Crippen molar-refractivity contribution in [2.24, 2.45) is 12.5 Å². The van der Waals surface area contributed by atoms with Gasteiger partial charge in [0.15, 0.2) is 5.54 Å². The highest BCUT2D eigenvalue weighted by Gasteiger charge is 2.67. The highest BCUT2D eigenvalue weighted by Crippen LogP contribution is 2.53. The summed E-state index contributed by atoms with van der Waals surface area (Å²) < 4.78 is 42.9. The molecule has 0 unspecified atom stereocenters. The quantitative estimate of drug-likeness (QED) is 0.319. The summed E-state index contributed by atoms with van der Waals surface area (Å²) in [5, 5.41) is 27.9. The summed E-state index contributed by atoms with van der Waals surface area (Å²) in [7, 11) is 1.58. The average molecular weight is 578 g/mol. The first-order chi connectivity index (χ1) is 19.8. The van der Waals surface area contributed by atoms with Gasteiger partial charge in [0.25, 0.3) is 5.56 Å². The van der Waals surface area contributed by atoms with Gasteiger partial charge >= 0.3 is 6.18 Å².